The first kappa shape index (κ1) is 12.9. The average molecular weight is 240 g/mol. The Labute approximate surface area is 96.9 Å². The second-order valence-corrected chi connectivity index (χ2v) is 3.40. The molecule has 0 radical (unpaired) electrons. The summed E-state index contributed by atoms with van der Waals surface area (Å²) in [4.78, 5) is 26.1. The fourth-order valence-corrected chi connectivity index (χ4v) is 1.31. The number of carbonyl (C=O) groups is 2. The monoisotopic (exact) mass is 240 g/mol. The molecule has 0 aliphatic heterocycles. The minimum atomic E-state index is -1.14. The van der Waals surface area contributed by atoms with Gasteiger partial charge in [-0.15, -0.1) is 0 Å². The van der Waals surface area contributed by atoms with Crippen LogP contribution in [0.15, 0.2) is 18.3 Å². The van der Waals surface area contributed by atoms with Crippen LogP contribution in [0, 0.1) is 0 Å². The molecule has 1 aromatic rings. The summed E-state index contributed by atoms with van der Waals surface area (Å²) in [6.07, 6.45) is 1.44. The van der Waals surface area contributed by atoms with Crippen LogP contribution in [-0.4, -0.2) is 50.2 Å². The van der Waals surface area contributed by atoms with Crippen molar-refractivity contribution in [2.75, 3.05) is 13.1 Å². The Morgan fingerprint density at radius 3 is 2.29 bits per heavy atom. The van der Waals surface area contributed by atoms with E-state index >= 15 is 0 Å². The molecule has 92 valence electrons. The zero-order valence-corrected chi connectivity index (χ0v) is 8.91. The Morgan fingerprint density at radius 2 is 1.82 bits per heavy atom. The zero-order valence-electron chi connectivity index (χ0n) is 8.91. The van der Waals surface area contributed by atoms with Crippen molar-refractivity contribution >= 4 is 11.9 Å². The van der Waals surface area contributed by atoms with Crippen molar-refractivity contribution in [3.8, 4) is 5.75 Å². The van der Waals surface area contributed by atoms with Crippen LogP contribution in [0.1, 0.15) is 5.69 Å². The number of carboxylic acids is 2. The van der Waals surface area contributed by atoms with Crippen LogP contribution < -0.4 is 0 Å². The summed E-state index contributed by atoms with van der Waals surface area (Å²) < 4.78 is 0. The van der Waals surface area contributed by atoms with Gasteiger partial charge in [-0.05, 0) is 12.1 Å². The molecule has 0 amide bonds. The van der Waals surface area contributed by atoms with Crippen molar-refractivity contribution in [1.82, 2.24) is 9.88 Å². The molecule has 17 heavy (non-hydrogen) atoms. The second kappa shape index (κ2) is 5.80. The van der Waals surface area contributed by atoms with Gasteiger partial charge in [-0.3, -0.25) is 19.5 Å². The Hall–Kier alpha value is -2.15. The predicted molar refractivity (Wildman–Crippen MR) is 56.5 cm³/mol. The smallest absolute Gasteiger partial charge is 0.317 e. The van der Waals surface area contributed by atoms with Gasteiger partial charge in [0.1, 0.15) is 5.75 Å². The minimum absolute atomic E-state index is 0.0364. The van der Waals surface area contributed by atoms with Crippen LogP contribution in [0.2, 0.25) is 0 Å². The van der Waals surface area contributed by atoms with Crippen molar-refractivity contribution in [3.05, 3.63) is 24.0 Å². The normalized spacial score (nSPS) is 10.4. The number of aliphatic carboxylic acids is 2. The highest BCUT2D eigenvalue weighted by Crippen LogP contribution is 2.14. The van der Waals surface area contributed by atoms with E-state index < -0.39 is 25.0 Å². The van der Waals surface area contributed by atoms with Crippen molar-refractivity contribution in [2.24, 2.45) is 0 Å². The molecule has 1 heterocycles. The maximum atomic E-state index is 10.5. The third-order valence-corrected chi connectivity index (χ3v) is 1.96. The van der Waals surface area contributed by atoms with Crippen LogP contribution in [0.5, 0.6) is 5.75 Å². The van der Waals surface area contributed by atoms with E-state index in [1.807, 2.05) is 0 Å². The molecule has 7 heteroatoms. The molecular weight excluding hydrogens is 228 g/mol. The van der Waals surface area contributed by atoms with Gasteiger partial charge in [0.15, 0.2) is 0 Å². The van der Waals surface area contributed by atoms with Gasteiger partial charge in [0.05, 0.1) is 18.8 Å². The van der Waals surface area contributed by atoms with Gasteiger partial charge in [0.2, 0.25) is 0 Å². The lowest BCUT2D eigenvalue weighted by molar-refractivity contribution is -0.142. The molecule has 0 unspecified atom stereocenters. The number of nitrogens with zero attached hydrogens (tertiary/aromatic N) is 2. The Bertz CT molecular complexity index is 405. The van der Waals surface area contributed by atoms with E-state index in [4.69, 9.17) is 10.2 Å². The summed E-state index contributed by atoms with van der Waals surface area (Å²) >= 11 is 0. The molecule has 0 aromatic carbocycles. The number of aromatic nitrogens is 1. The molecule has 0 aliphatic carbocycles. The highest BCUT2D eigenvalue weighted by Gasteiger charge is 2.15. The second-order valence-electron chi connectivity index (χ2n) is 3.40. The number of hydrogen-bond donors (Lipinski definition) is 3. The quantitative estimate of drug-likeness (QED) is 0.629. The Morgan fingerprint density at radius 1 is 1.24 bits per heavy atom. The van der Waals surface area contributed by atoms with Crippen LogP contribution in [-0.2, 0) is 16.1 Å². The van der Waals surface area contributed by atoms with E-state index in [0.717, 1.165) is 4.90 Å². The molecule has 0 atom stereocenters. The van der Waals surface area contributed by atoms with E-state index in [2.05, 4.69) is 4.98 Å². The maximum Gasteiger partial charge on any atom is 0.317 e. The number of carboxylic acid groups (broad SMARTS) is 2. The van der Waals surface area contributed by atoms with Crippen molar-refractivity contribution < 1.29 is 24.9 Å². The third-order valence-electron chi connectivity index (χ3n) is 1.96. The Kier molecular flexibility index (Phi) is 4.41. The lowest BCUT2D eigenvalue weighted by Gasteiger charge is -2.17. The van der Waals surface area contributed by atoms with Gasteiger partial charge in [-0.25, -0.2) is 0 Å². The predicted octanol–water partition coefficient (Wildman–Crippen LogP) is -0.242. The molecule has 7 nitrogen and oxygen atoms in total. The minimum Gasteiger partial charge on any atom is -0.506 e. The SMILES string of the molecule is O=C(O)CN(CC(=O)O)Cc1ncccc1O. The van der Waals surface area contributed by atoms with Gasteiger partial charge in [-0.1, -0.05) is 0 Å². The molecule has 0 saturated heterocycles. The third kappa shape index (κ3) is 4.47. The average Bonchev–Trinajstić information content (AvgIpc) is 2.19. The van der Waals surface area contributed by atoms with Crippen molar-refractivity contribution in [1.29, 1.82) is 0 Å². The van der Waals surface area contributed by atoms with Gasteiger partial charge in [-0.2, -0.15) is 0 Å². The fourth-order valence-electron chi connectivity index (χ4n) is 1.31. The molecule has 3 N–H and O–H groups in total. The maximum absolute atomic E-state index is 10.5. The fraction of sp³-hybridized carbons (Fsp3) is 0.300. The molecular formula is C10H12N2O5. The molecule has 0 fully saturated rings. The van der Waals surface area contributed by atoms with Gasteiger partial charge < -0.3 is 15.3 Å². The number of rotatable bonds is 6. The first-order valence-electron chi connectivity index (χ1n) is 4.78. The lowest BCUT2D eigenvalue weighted by atomic mass is 10.3. The number of hydrogen-bond acceptors (Lipinski definition) is 5. The summed E-state index contributed by atoms with van der Waals surface area (Å²) in [5.41, 5.74) is 0.245. The van der Waals surface area contributed by atoms with E-state index in [-0.39, 0.29) is 18.0 Å². The van der Waals surface area contributed by atoms with E-state index in [1.54, 1.807) is 0 Å². The van der Waals surface area contributed by atoms with Crippen molar-refractivity contribution in [3.63, 3.8) is 0 Å². The van der Waals surface area contributed by atoms with Crippen LogP contribution in [0.4, 0.5) is 0 Å². The lowest BCUT2D eigenvalue weighted by Crippen LogP contribution is -2.34. The van der Waals surface area contributed by atoms with Crippen molar-refractivity contribution in [2.45, 2.75) is 6.54 Å². The van der Waals surface area contributed by atoms with Crippen LogP contribution >= 0.6 is 0 Å². The molecule has 1 aromatic heterocycles. The number of pyridine rings is 1. The molecule has 0 saturated carbocycles. The summed E-state index contributed by atoms with van der Waals surface area (Å²) in [7, 11) is 0. The van der Waals surface area contributed by atoms with Gasteiger partial charge >= 0.3 is 11.9 Å². The first-order chi connectivity index (χ1) is 7.99. The summed E-state index contributed by atoms with van der Waals surface area (Å²) in [6.45, 7) is -0.893. The van der Waals surface area contributed by atoms with Crippen LogP contribution in [0.3, 0.4) is 0 Å². The Balaban J connectivity index is 2.75. The van der Waals surface area contributed by atoms with Gasteiger partial charge in [0, 0.05) is 12.7 Å². The van der Waals surface area contributed by atoms with E-state index in [0.29, 0.717) is 0 Å². The highest BCUT2D eigenvalue weighted by molar-refractivity contribution is 5.72. The van der Waals surface area contributed by atoms with E-state index in [9.17, 15) is 14.7 Å². The number of aromatic hydroxyl groups is 1. The molecule has 0 aliphatic rings. The molecule has 0 spiro atoms. The highest BCUT2D eigenvalue weighted by atomic mass is 16.4. The van der Waals surface area contributed by atoms with Gasteiger partial charge in [0.25, 0.3) is 0 Å². The topological polar surface area (TPSA) is 111 Å². The summed E-state index contributed by atoms with van der Waals surface area (Å²) in [6, 6.07) is 2.93. The molecule has 0 bridgehead atoms. The largest absolute Gasteiger partial charge is 0.506 e. The standard InChI is InChI=1S/C10H12N2O5/c13-8-2-1-3-11-7(8)4-12(5-9(14)15)6-10(16)17/h1-3,13H,4-6H2,(H,14,15)(H,16,17). The molecule has 1 rings (SSSR count). The van der Waals surface area contributed by atoms with Crippen LogP contribution in [0.25, 0.3) is 0 Å². The summed E-state index contributed by atoms with van der Waals surface area (Å²) in [5, 5.41) is 26.7. The zero-order chi connectivity index (χ0) is 12.8. The summed E-state index contributed by atoms with van der Waals surface area (Å²) in [5.74, 6) is -2.36. The first-order valence-corrected chi connectivity index (χ1v) is 4.78. The van der Waals surface area contributed by atoms with E-state index in [1.165, 1.54) is 18.3 Å².